The molecule has 6 heteroatoms. The van der Waals surface area contributed by atoms with Gasteiger partial charge in [-0.05, 0) is 36.6 Å². The highest BCUT2D eigenvalue weighted by molar-refractivity contribution is 6.02. The number of benzene rings is 1. The summed E-state index contributed by atoms with van der Waals surface area (Å²) in [5.41, 5.74) is 0.280. The predicted octanol–water partition coefficient (Wildman–Crippen LogP) is 2.80. The lowest BCUT2D eigenvalue weighted by Gasteiger charge is -2.21. The zero-order valence-electron chi connectivity index (χ0n) is 14.4. The van der Waals surface area contributed by atoms with Gasteiger partial charge in [-0.3, -0.25) is 9.59 Å². The Kier molecular flexibility index (Phi) is 5.75. The minimum Gasteiger partial charge on any atom is -0.468 e. The highest BCUT2D eigenvalue weighted by Crippen LogP contribution is 2.46. The maximum Gasteiger partial charge on any atom is 0.342 e. The SMILES string of the molecule is C/C=C1\CC(C(=O)OC)(C(=O)OC)C\C1=C/OC(=O)c1ccccc1. The molecule has 0 aliphatic heterocycles. The number of esters is 3. The first-order valence-corrected chi connectivity index (χ1v) is 7.76. The van der Waals surface area contributed by atoms with E-state index in [1.54, 1.807) is 43.3 Å². The molecule has 0 heterocycles. The van der Waals surface area contributed by atoms with Crippen LogP contribution in [0.4, 0.5) is 0 Å². The molecular weight excluding hydrogens is 324 g/mol. The fourth-order valence-corrected chi connectivity index (χ4v) is 2.87. The number of allylic oxidation sites excluding steroid dienone is 3. The molecule has 0 spiro atoms. The first-order chi connectivity index (χ1) is 12.0. The number of hydrogen-bond acceptors (Lipinski definition) is 6. The summed E-state index contributed by atoms with van der Waals surface area (Å²) in [5.74, 6) is -1.86. The van der Waals surface area contributed by atoms with E-state index >= 15 is 0 Å². The lowest BCUT2D eigenvalue weighted by Crippen LogP contribution is -2.38. The molecule has 1 fully saturated rings. The molecule has 1 aliphatic carbocycles. The smallest absolute Gasteiger partial charge is 0.342 e. The van der Waals surface area contributed by atoms with Crippen LogP contribution in [0.25, 0.3) is 0 Å². The van der Waals surface area contributed by atoms with Gasteiger partial charge < -0.3 is 14.2 Å². The molecule has 2 rings (SSSR count). The van der Waals surface area contributed by atoms with Crippen LogP contribution in [0.5, 0.6) is 0 Å². The third-order valence-corrected chi connectivity index (χ3v) is 4.22. The highest BCUT2D eigenvalue weighted by Gasteiger charge is 2.53. The van der Waals surface area contributed by atoms with Crippen LogP contribution in [0.2, 0.25) is 0 Å². The second-order valence-corrected chi connectivity index (χ2v) is 5.65. The van der Waals surface area contributed by atoms with Crippen LogP contribution in [-0.2, 0) is 23.8 Å². The van der Waals surface area contributed by atoms with Crippen molar-refractivity contribution in [3.63, 3.8) is 0 Å². The topological polar surface area (TPSA) is 78.9 Å². The van der Waals surface area contributed by atoms with Gasteiger partial charge in [-0.25, -0.2) is 4.79 Å². The summed E-state index contributed by atoms with van der Waals surface area (Å²) in [6.45, 7) is 1.78. The third-order valence-electron chi connectivity index (χ3n) is 4.22. The van der Waals surface area contributed by atoms with E-state index in [0.717, 1.165) is 5.57 Å². The largest absolute Gasteiger partial charge is 0.468 e. The second-order valence-electron chi connectivity index (χ2n) is 5.65. The number of hydrogen-bond donors (Lipinski definition) is 0. The Hall–Kier alpha value is -2.89. The van der Waals surface area contributed by atoms with Gasteiger partial charge in [-0.15, -0.1) is 0 Å². The summed E-state index contributed by atoms with van der Waals surface area (Å²) in [4.78, 5) is 36.5. The van der Waals surface area contributed by atoms with Gasteiger partial charge in [0.1, 0.15) is 0 Å². The molecule has 0 atom stereocenters. The summed E-state index contributed by atoms with van der Waals surface area (Å²) < 4.78 is 14.8. The molecule has 1 saturated carbocycles. The van der Waals surface area contributed by atoms with Gasteiger partial charge >= 0.3 is 17.9 Å². The van der Waals surface area contributed by atoms with Gasteiger partial charge in [0.05, 0.1) is 26.0 Å². The zero-order chi connectivity index (χ0) is 18.4. The molecule has 6 nitrogen and oxygen atoms in total. The standard InChI is InChI=1S/C19H20O6/c1-4-13-10-19(17(21)23-2,18(22)24-3)11-15(13)12-25-16(20)14-8-6-5-7-9-14/h4-9,12H,10-11H2,1-3H3/b13-4+,15-12+. The van der Waals surface area contributed by atoms with Gasteiger partial charge in [0.25, 0.3) is 0 Å². The minimum absolute atomic E-state index is 0.0497. The van der Waals surface area contributed by atoms with Crippen molar-refractivity contribution in [1.29, 1.82) is 0 Å². The molecule has 0 radical (unpaired) electrons. The maximum atomic E-state index is 12.2. The Morgan fingerprint density at radius 3 is 2.04 bits per heavy atom. The van der Waals surface area contributed by atoms with Gasteiger partial charge in [-0.1, -0.05) is 24.3 Å². The number of carbonyl (C=O) groups excluding carboxylic acids is 3. The monoisotopic (exact) mass is 344 g/mol. The Morgan fingerprint density at radius 2 is 1.52 bits per heavy atom. The third kappa shape index (κ3) is 3.63. The molecule has 0 aromatic heterocycles. The average Bonchev–Trinajstić information content (AvgIpc) is 3.05. The number of ether oxygens (including phenoxy) is 3. The van der Waals surface area contributed by atoms with Crippen molar-refractivity contribution in [2.75, 3.05) is 14.2 Å². The Balaban J connectivity index is 2.27. The van der Waals surface area contributed by atoms with Crippen molar-refractivity contribution in [1.82, 2.24) is 0 Å². The van der Waals surface area contributed by atoms with E-state index in [-0.39, 0.29) is 12.8 Å². The summed E-state index contributed by atoms with van der Waals surface area (Å²) in [7, 11) is 2.44. The molecule has 132 valence electrons. The first-order valence-electron chi connectivity index (χ1n) is 7.76. The first kappa shape index (κ1) is 18.4. The predicted molar refractivity (Wildman–Crippen MR) is 89.4 cm³/mol. The van der Waals surface area contributed by atoms with Crippen molar-refractivity contribution in [2.45, 2.75) is 19.8 Å². The molecule has 0 amide bonds. The summed E-state index contributed by atoms with van der Waals surface area (Å²) in [6.07, 6.45) is 3.25. The maximum absolute atomic E-state index is 12.2. The van der Waals surface area contributed by atoms with Crippen molar-refractivity contribution in [2.24, 2.45) is 5.41 Å². The van der Waals surface area contributed by atoms with E-state index in [4.69, 9.17) is 14.2 Å². The molecule has 0 N–H and O–H groups in total. The Labute approximate surface area is 146 Å². The molecular formula is C19H20O6. The summed E-state index contributed by atoms with van der Waals surface area (Å²) in [5, 5.41) is 0. The molecule has 25 heavy (non-hydrogen) atoms. The van der Waals surface area contributed by atoms with E-state index in [1.807, 2.05) is 0 Å². The van der Waals surface area contributed by atoms with Crippen LogP contribution in [0.1, 0.15) is 30.1 Å². The van der Waals surface area contributed by atoms with Crippen LogP contribution in [0.15, 0.2) is 53.8 Å². The van der Waals surface area contributed by atoms with E-state index in [1.165, 1.54) is 20.5 Å². The highest BCUT2D eigenvalue weighted by atomic mass is 16.5. The molecule has 1 aliphatic rings. The lowest BCUT2D eigenvalue weighted by atomic mass is 9.86. The van der Waals surface area contributed by atoms with Crippen LogP contribution in [0, 0.1) is 5.41 Å². The Morgan fingerprint density at radius 1 is 0.960 bits per heavy atom. The second kappa shape index (κ2) is 7.79. The van der Waals surface area contributed by atoms with Crippen molar-refractivity contribution < 1.29 is 28.6 Å². The van der Waals surface area contributed by atoms with E-state index in [2.05, 4.69) is 0 Å². The Bertz CT molecular complexity index is 714. The van der Waals surface area contributed by atoms with Crippen molar-refractivity contribution >= 4 is 17.9 Å². The van der Waals surface area contributed by atoms with Gasteiger partial charge in [0.15, 0.2) is 5.41 Å². The summed E-state index contributed by atoms with van der Waals surface area (Å²) in [6, 6.07) is 8.54. The molecule has 1 aromatic rings. The van der Waals surface area contributed by atoms with Crippen molar-refractivity contribution in [3.8, 4) is 0 Å². The van der Waals surface area contributed by atoms with Gasteiger partial charge in [-0.2, -0.15) is 0 Å². The normalized spacial score (nSPS) is 18.8. The van der Waals surface area contributed by atoms with Crippen LogP contribution < -0.4 is 0 Å². The number of rotatable bonds is 4. The summed E-state index contributed by atoms with van der Waals surface area (Å²) >= 11 is 0. The van der Waals surface area contributed by atoms with E-state index in [9.17, 15) is 14.4 Å². The van der Waals surface area contributed by atoms with Crippen LogP contribution in [-0.4, -0.2) is 32.1 Å². The molecule has 0 unspecified atom stereocenters. The minimum atomic E-state index is -1.45. The fraction of sp³-hybridized carbons (Fsp3) is 0.316. The molecule has 1 aromatic carbocycles. The van der Waals surface area contributed by atoms with E-state index in [0.29, 0.717) is 11.1 Å². The quantitative estimate of drug-likeness (QED) is 0.362. The molecule has 0 saturated heterocycles. The van der Waals surface area contributed by atoms with Crippen LogP contribution in [0.3, 0.4) is 0 Å². The van der Waals surface area contributed by atoms with Gasteiger partial charge in [0.2, 0.25) is 0 Å². The average molecular weight is 344 g/mol. The van der Waals surface area contributed by atoms with Crippen molar-refractivity contribution in [3.05, 3.63) is 59.4 Å². The fourth-order valence-electron chi connectivity index (χ4n) is 2.87. The van der Waals surface area contributed by atoms with Crippen LogP contribution >= 0.6 is 0 Å². The lowest BCUT2D eigenvalue weighted by molar-refractivity contribution is -0.168. The van der Waals surface area contributed by atoms with Gasteiger partial charge in [0, 0.05) is 6.42 Å². The molecule has 0 bridgehead atoms. The number of methoxy groups -OCH3 is 2. The number of carbonyl (C=O) groups is 3. The zero-order valence-corrected chi connectivity index (χ0v) is 14.4. The van der Waals surface area contributed by atoms with E-state index < -0.39 is 23.3 Å².